The molecule has 1 N–H and O–H groups in total. The molecule has 1 saturated heterocycles. The summed E-state index contributed by atoms with van der Waals surface area (Å²) in [5, 5.41) is 6.60. The van der Waals surface area contributed by atoms with E-state index in [-0.39, 0.29) is 29.6 Å². The summed E-state index contributed by atoms with van der Waals surface area (Å²) in [5.41, 5.74) is 0.936. The maximum absolute atomic E-state index is 13.4. The van der Waals surface area contributed by atoms with Crippen LogP contribution < -0.4 is 10.7 Å². The van der Waals surface area contributed by atoms with Crippen molar-refractivity contribution >= 4 is 23.2 Å². The smallest absolute Gasteiger partial charge is 0.259 e. The monoisotopic (exact) mass is 497 g/mol. The summed E-state index contributed by atoms with van der Waals surface area (Å²) in [6, 6.07) is 8.07. The number of benzene rings is 1. The lowest BCUT2D eigenvalue weighted by molar-refractivity contribution is 0.0780. The molecular weight excluding hydrogens is 469 g/mol. The van der Waals surface area contributed by atoms with E-state index in [9.17, 15) is 18.8 Å². The largest absolute Gasteiger partial charge is 0.376 e. The van der Waals surface area contributed by atoms with Crippen molar-refractivity contribution in [2.24, 2.45) is 0 Å². The highest BCUT2D eigenvalue weighted by Crippen LogP contribution is 2.15. The minimum atomic E-state index is -0.612. The molecule has 1 aliphatic rings. The van der Waals surface area contributed by atoms with Crippen LogP contribution in [0.4, 0.5) is 4.39 Å². The van der Waals surface area contributed by atoms with Crippen molar-refractivity contribution in [2.75, 3.05) is 20.2 Å². The Morgan fingerprint density at radius 2 is 2.06 bits per heavy atom. The lowest BCUT2D eigenvalue weighted by Gasteiger charge is -2.19. The number of amides is 2. The summed E-state index contributed by atoms with van der Waals surface area (Å²) in [4.78, 5) is 40.9. The van der Waals surface area contributed by atoms with Gasteiger partial charge in [0.2, 0.25) is 5.43 Å². The number of hydrogen-bond acceptors (Lipinski definition) is 5. The van der Waals surface area contributed by atoms with Crippen LogP contribution in [-0.4, -0.2) is 47.6 Å². The van der Waals surface area contributed by atoms with Crippen LogP contribution in [-0.2, 0) is 24.2 Å². The molecule has 2 amide bonds. The standard InChI is InChI=1S/C26H28FN3O4S/c1-29(13-19-8-11-35-17-19)26(33)23-16-30(14-21-6-3-10-34-21)15-22(24(23)31)25(32)28-9-7-18-4-2-5-20(27)12-18/h2,4-5,8,11-12,15-17,21H,3,6-7,9-10,13-14H2,1H3,(H,28,32). The van der Waals surface area contributed by atoms with E-state index in [1.165, 1.54) is 40.8 Å². The molecule has 9 heteroatoms. The third kappa shape index (κ3) is 6.43. The highest BCUT2D eigenvalue weighted by molar-refractivity contribution is 7.07. The second-order valence-corrected chi connectivity index (χ2v) is 9.46. The van der Waals surface area contributed by atoms with Gasteiger partial charge < -0.3 is 19.5 Å². The summed E-state index contributed by atoms with van der Waals surface area (Å²) < 4.78 is 20.8. The molecule has 3 heterocycles. The van der Waals surface area contributed by atoms with Gasteiger partial charge >= 0.3 is 0 Å². The first kappa shape index (κ1) is 24.8. The number of rotatable bonds is 9. The van der Waals surface area contributed by atoms with E-state index < -0.39 is 17.2 Å². The molecule has 0 saturated carbocycles. The Kier molecular flexibility index (Phi) is 8.09. The molecule has 0 bridgehead atoms. The van der Waals surface area contributed by atoms with Gasteiger partial charge in [0.25, 0.3) is 11.8 Å². The highest BCUT2D eigenvalue weighted by atomic mass is 32.1. The predicted octanol–water partition coefficient (Wildman–Crippen LogP) is 3.47. The zero-order valence-corrected chi connectivity index (χ0v) is 20.4. The quantitative estimate of drug-likeness (QED) is 0.491. The van der Waals surface area contributed by atoms with E-state index in [0.29, 0.717) is 26.1 Å². The van der Waals surface area contributed by atoms with Crippen molar-refractivity contribution < 1.29 is 18.7 Å². The van der Waals surface area contributed by atoms with Crippen LogP contribution in [0.1, 0.15) is 44.7 Å². The number of carbonyl (C=O) groups excluding carboxylic acids is 2. The summed E-state index contributed by atoms with van der Waals surface area (Å²) in [5.74, 6) is -1.36. The average molecular weight is 498 g/mol. The van der Waals surface area contributed by atoms with Crippen LogP contribution in [0.3, 0.4) is 0 Å². The zero-order chi connectivity index (χ0) is 24.8. The van der Waals surface area contributed by atoms with Crippen molar-refractivity contribution in [3.63, 3.8) is 0 Å². The lowest BCUT2D eigenvalue weighted by Crippen LogP contribution is -2.37. The van der Waals surface area contributed by atoms with E-state index in [1.54, 1.807) is 23.7 Å². The minimum absolute atomic E-state index is 0.0344. The molecule has 2 aromatic heterocycles. The molecule has 7 nitrogen and oxygen atoms in total. The summed E-state index contributed by atoms with van der Waals surface area (Å²) >= 11 is 1.53. The minimum Gasteiger partial charge on any atom is -0.376 e. The van der Waals surface area contributed by atoms with Crippen LogP contribution in [0, 0.1) is 5.82 Å². The number of pyridine rings is 1. The third-order valence-corrected chi connectivity index (χ3v) is 6.66. The van der Waals surface area contributed by atoms with E-state index in [4.69, 9.17) is 4.74 Å². The molecule has 1 aromatic carbocycles. The van der Waals surface area contributed by atoms with Gasteiger partial charge in [0.1, 0.15) is 16.9 Å². The van der Waals surface area contributed by atoms with Crippen LogP contribution >= 0.6 is 11.3 Å². The average Bonchev–Trinajstić information content (AvgIpc) is 3.54. The third-order valence-electron chi connectivity index (χ3n) is 5.93. The fraction of sp³-hybridized carbons (Fsp3) is 0.346. The maximum Gasteiger partial charge on any atom is 0.259 e. The zero-order valence-electron chi connectivity index (χ0n) is 19.5. The Morgan fingerprint density at radius 3 is 2.77 bits per heavy atom. The second kappa shape index (κ2) is 11.4. The summed E-state index contributed by atoms with van der Waals surface area (Å²) in [7, 11) is 1.63. The number of hydrogen-bond donors (Lipinski definition) is 1. The molecule has 35 heavy (non-hydrogen) atoms. The molecule has 1 unspecified atom stereocenters. The van der Waals surface area contributed by atoms with Crippen LogP contribution in [0.15, 0.2) is 58.3 Å². The Labute approximate surface area is 207 Å². The van der Waals surface area contributed by atoms with Gasteiger partial charge in [-0.25, -0.2) is 4.39 Å². The lowest BCUT2D eigenvalue weighted by atomic mass is 10.1. The van der Waals surface area contributed by atoms with Crippen LogP contribution in [0.5, 0.6) is 0 Å². The van der Waals surface area contributed by atoms with Crippen molar-refractivity contribution in [2.45, 2.75) is 38.5 Å². The highest BCUT2D eigenvalue weighted by Gasteiger charge is 2.23. The Hall–Kier alpha value is -3.30. The van der Waals surface area contributed by atoms with E-state index in [0.717, 1.165) is 24.0 Å². The fourth-order valence-electron chi connectivity index (χ4n) is 4.12. The Balaban J connectivity index is 1.55. The Morgan fingerprint density at radius 1 is 1.23 bits per heavy atom. The fourth-order valence-corrected chi connectivity index (χ4v) is 4.78. The first-order valence-electron chi connectivity index (χ1n) is 11.6. The SMILES string of the molecule is CN(Cc1ccsc1)C(=O)c1cn(CC2CCCO2)cc(C(=O)NCCc2cccc(F)c2)c1=O. The summed E-state index contributed by atoms with van der Waals surface area (Å²) in [6.07, 6.45) is 5.20. The first-order chi connectivity index (χ1) is 16.9. The molecule has 4 rings (SSSR count). The number of nitrogens with one attached hydrogen (secondary N) is 1. The normalized spacial score (nSPS) is 15.2. The van der Waals surface area contributed by atoms with E-state index in [2.05, 4.69) is 5.32 Å². The molecular formula is C26H28FN3O4S. The molecule has 3 aromatic rings. The van der Waals surface area contributed by atoms with Gasteiger partial charge in [0.05, 0.1) is 6.10 Å². The molecule has 184 valence electrons. The molecule has 0 spiro atoms. The number of halogens is 1. The molecule has 0 radical (unpaired) electrons. The molecule has 1 atom stereocenters. The molecule has 0 aliphatic carbocycles. The Bertz CT molecular complexity index is 1240. The van der Waals surface area contributed by atoms with Crippen molar-refractivity contribution in [3.05, 3.63) is 91.8 Å². The van der Waals surface area contributed by atoms with Crippen molar-refractivity contribution in [1.82, 2.24) is 14.8 Å². The van der Waals surface area contributed by atoms with Gasteiger partial charge in [0, 0.05) is 45.7 Å². The van der Waals surface area contributed by atoms with Gasteiger partial charge in [-0.05, 0) is 59.3 Å². The van der Waals surface area contributed by atoms with Gasteiger partial charge in [-0.2, -0.15) is 11.3 Å². The summed E-state index contributed by atoms with van der Waals surface area (Å²) in [6.45, 7) is 1.70. The van der Waals surface area contributed by atoms with Gasteiger partial charge in [-0.3, -0.25) is 14.4 Å². The topological polar surface area (TPSA) is 80.6 Å². The number of nitrogens with zero attached hydrogens (tertiary/aromatic N) is 2. The van der Waals surface area contributed by atoms with Gasteiger partial charge in [0.15, 0.2) is 0 Å². The maximum atomic E-state index is 13.4. The number of thiophene rings is 1. The predicted molar refractivity (Wildman–Crippen MR) is 132 cm³/mol. The van der Waals surface area contributed by atoms with Gasteiger partial charge in [-0.1, -0.05) is 12.1 Å². The number of aromatic nitrogens is 1. The molecule has 1 aliphatic heterocycles. The molecule has 1 fully saturated rings. The van der Waals surface area contributed by atoms with Crippen LogP contribution in [0.25, 0.3) is 0 Å². The second-order valence-electron chi connectivity index (χ2n) is 8.68. The van der Waals surface area contributed by atoms with Crippen molar-refractivity contribution in [1.29, 1.82) is 0 Å². The number of ether oxygens (including phenoxy) is 1. The van der Waals surface area contributed by atoms with Crippen LogP contribution in [0.2, 0.25) is 0 Å². The van der Waals surface area contributed by atoms with E-state index in [1.807, 2.05) is 16.8 Å². The van der Waals surface area contributed by atoms with Crippen molar-refractivity contribution in [3.8, 4) is 0 Å². The van der Waals surface area contributed by atoms with E-state index >= 15 is 0 Å². The number of carbonyl (C=O) groups is 2. The van der Waals surface area contributed by atoms with Gasteiger partial charge in [-0.15, -0.1) is 0 Å². The first-order valence-corrected chi connectivity index (χ1v) is 12.5.